The van der Waals surface area contributed by atoms with Crippen molar-refractivity contribution < 1.29 is 81.2 Å². The van der Waals surface area contributed by atoms with Crippen molar-refractivity contribution in [1.82, 2.24) is 20.4 Å². The number of hydrogen-bond acceptors (Lipinski definition) is 19. The number of piperidine rings is 2. The number of nitrogens with one attached hydrogen (secondary N) is 2. The van der Waals surface area contributed by atoms with Crippen molar-refractivity contribution in [1.29, 1.82) is 0 Å². The van der Waals surface area contributed by atoms with Crippen LogP contribution in [0.3, 0.4) is 0 Å². The molecule has 2 unspecified atom stereocenters. The molecular formula is C56H64N6O18. The number of carbonyl (C=O) groups excluding carboxylic acids is 8. The number of amides is 8. The number of nitro benzene ring substituents is 1. The Morgan fingerprint density at radius 1 is 0.475 bits per heavy atom. The van der Waals surface area contributed by atoms with Crippen LogP contribution < -0.4 is 25.8 Å². The normalized spacial score (nSPS) is 16.8. The monoisotopic (exact) mass is 1110 g/mol. The Balaban J connectivity index is 0.000000231. The van der Waals surface area contributed by atoms with Gasteiger partial charge in [-0.25, -0.2) is 0 Å². The SMILES string of the molecule is Nc1ccc(OCCOCCOCCOCCCc2cccc3c2C(=O)N(C2CCC(=O)NC2=O)C3=O)cc1.O=C1CCC(N2C(=O)c3cccc(CCCOCCOCCOCCOc4ccc([N+](=O)[O-])cc4)c3C2=O)C(=O)N1. The molecule has 0 spiro atoms. The first kappa shape index (κ1) is 59.7. The number of hydrogen-bond donors (Lipinski definition) is 3. The van der Waals surface area contributed by atoms with Crippen molar-refractivity contribution in [3.05, 3.63) is 128 Å². The summed E-state index contributed by atoms with van der Waals surface area (Å²) in [5, 5.41) is 15.1. The number of nitrogen functional groups attached to an aromatic ring is 1. The second-order valence-electron chi connectivity index (χ2n) is 18.5. The Morgan fingerprint density at radius 3 is 1.21 bits per heavy atom. The summed E-state index contributed by atoms with van der Waals surface area (Å²) in [6.07, 6.45) is 2.73. The Bertz CT molecular complexity index is 2850. The first-order valence-corrected chi connectivity index (χ1v) is 26.3. The summed E-state index contributed by atoms with van der Waals surface area (Å²) in [6.45, 7) is 5.73. The van der Waals surface area contributed by atoms with Gasteiger partial charge in [-0.1, -0.05) is 24.3 Å². The van der Waals surface area contributed by atoms with Gasteiger partial charge in [0.25, 0.3) is 29.3 Å². The molecule has 4 N–H and O–H groups in total. The molecule has 0 aromatic heterocycles. The number of imide groups is 4. The van der Waals surface area contributed by atoms with E-state index in [0.29, 0.717) is 146 Å². The van der Waals surface area contributed by atoms with E-state index in [4.69, 9.17) is 43.6 Å². The summed E-state index contributed by atoms with van der Waals surface area (Å²) < 4.78 is 44.1. The predicted octanol–water partition coefficient (Wildman–Crippen LogP) is 3.79. The molecule has 24 nitrogen and oxygen atoms in total. The van der Waals surface area contributed by atoms with Gasteiger partial charge in [0.05, 0.1) is 93.2 Å². The maximum absolute atomic E-state index is 13.1. The number of non-ortho nitro benzene ring substituents is 1. The predicted molar refractivity (Wildman–Crippen MR) is 283 cm³/mol. The smallest absolute Gasteiger partial charge is 0.269 e. The van der Waals surface area contributed by atoms with E-state index in [-0.39, 0.29) is 42.5 Å². The quantitative estimate of drug-likeness (QED) is 0.0212. The molecule has 426 valence electrons. The fourth-order valence-electron chi connectivity index (χ4n) is 9.06. The fraction of sp³-hybridized carbons (Fsp3) is 0.429. The van der Waals surface area contributed by atoms with Crippen molar-refractivity contribution in [3.63, 3.8) is 0 Å². The highest BCUT2D eigenvalue weighted by Gasteiger charge is 2.47. The van der Waals surface area contributed by atoms with Crippen molar-refractivity contribution in [2.45, 2.75) is 63.5 Å². The number of fused-ring (bicyclic) bond motifs is 2. The lowest BCUT2D eigenvalue weighted by molar-refractivity contribution is -0.384. The minimum atomic E-state index is -0.988. The van der Waals surface area contributed by atoms with Gasteiger partial charge in [-0.2, -0.15) is 0 Å². The van der Waals surface area contributed by atoms with Crippen molar-refractivity contribution in [2.24, 2.45) is 0 Å². The van der Waals surface area contributed by atoms with Crippen LogP contribution in [0.2, 0.25) is 0 Å². The number of aryl methyl sites for hydroxylation is 2. The average Bonchev–Trinajstić information content (AvgIpc) is 3.89. The van der Waals surface area contributed by atoms with Gasteiger partial charge in [0, 0.05) is 43.9 Å². The second-order valence-corrected chi connectivity index (χ2v) is 18.5. The topological polar surface area (TPSA) is 310 Å². The Morgan fingerprint density at radius 2 is 0.838 bits per heavy atom. The molecule has 0 radical (unpaired) electrons. The van der Waals surface area contributed by atoms with Crippen LogP contribution in [-0.4, -0.2) is 167 Å². The molecule has 4 aromatic carbocycles. The molecule has 0 bridgehead atoms. The minimum absolute atomic E-state index is 0.00311. The van der Waals surface area contributed by atoms with E-state index in [9.17, 15) is 48.5 Å². The van der Waals surface area contributed by atoms with E-state index in [1.165, 1.54) is 24.3 Å². The van der Waals surface area contributed by atoms with Gasteiger partial charge >= 0.3 is 0 Å². The lowest BCUT2D eigenvalue weighted by atomic mass is 9.99. The van der Waals surface area contributed by atoms with Gasteiger partial charge in [0.2, 0.25) is 23.6 Å². The molecule has 0 saturated carbocycles. The molecule has 2 fully saturated rings. The lowest BCUT2D eigenvalue weighted by Crippen LogP contribution is -2.54. The fourth-order valence-corrected chi connectivity index (χ4v) is 9.06. The number of ether oxygens (including phenoxy) is 8. The number of nitro groups is 1. The third-order valence-corrected chi connectivity index (χ3v) is 13.0. The molecule has 2 saturated heterocycles. The highest BCUT2D eigenvalue weighted by Crippen LogP contribution is 2.32. The lowest BCUT2D eigenvalue weighted by Gasteiger charge is -2.27. The van der Waals surface area contributed by atoms with Crippen molar-refractivity contribution >= 4 is 58.6 Å². The average molecular weight is 1110 g/mol. The van der Waals surface area contributed by atoms with Crippen molar-refractivity contribution in [3.8, 4) is 11.5 Å². The Kier molecular flexibility index (Phi) is 22.7. The van der Waals surface area contributed by atoms with Gasteiger partial charge in [-0.15, -0.1) is 0 Å². The Labute approximate surface area is 460 Å². The van der Waals surface area contributed by atoms with Crippen LogP contribution in [0.15, 0.2) is 84.9 Å². The van der Waals surface area contributed by atoms with Gasteiger partial charge in [-0.05, 0) is 98.2 Å². The zero-order valence-corrected chi connectivity index (χ0v) is 44.1. The third kappa shape index (κ3) is 16.5. The van der Waals surface area contributed by atoms with Crippen LogP contribution in [0.4, 0.5) is 11.4 Å². The van der Waals surface area contributed by atoms with Crippen LogP contribution in [-0.2, 0) is 60.4 Å². The van der Waals surface area contributed by atoms with Crippen LogP contribution >= 0.6 is 0 Å². The second kappa shape index (κ2) is 30.4. The summed E-state index contributed by atoms with van der Waals surface area (Å²) in [5.41, 5.74) is 8.97. The highest BCUT2D eigenvalue weighted by atomic mass is 16.6. The third-order valence-electron chi connectivity index (χ3n) is 13.0. The zero-order valence-electron chi connectivity index (χ0n) is 44.1. The number of carbonyl (C=O) groups is 8. The summed E-state index contributed by atoms with van der Waals surface area (Å²) in [5.74, 6) is -2.81. The number of anilines is 1. The molecule has 4 aliphatic rings. The van der Waals surface area contributed by atoms with Crippen LogP contribution in [0.5, 0.6) is 11.5 Å². The minimum Gasteiger partial charge on any atom is -0.491 e. The van der Waals surface area contributed by atoms with E-state index in [0.717, 1.165) is 21.1 Å². The van der Waals surface area contributed by atoms with Gasteiger partial charge in [0.1, 0.15) is 36.8 Å². The maximum Gasteiger partial charge on any atom is 0.269 e. The molecule has 4 aromatic rings. The van der Waals surface area contributed by atoms with E-state index < -0.39 is 64.3 Å². The number of nitrogens with zero attached hydrogens (tertiary/aromatic N) is 3. The van der Waals surface area contributed by atoms with E-state index in [2.05, 4.69) is 10.6 Å². The highest BCUT2D eigenvalue weighted by molar-refractivity contribution is 6.25. The summed E-state index contributed by atoms with van der Waals surface area (Å²) in [4.78, 5) is 112. The summed E-state index contributed by atoms with van der Waals surface area (Å²) >= 11 is 0. The molecule has 24 heteroatoms. The molecular weight excluding hydrogens is 1040 g/mol. The zero-order chi connectivity index (χ0) is 56.8. The molecule has 4 aliphatic heterocycles. The van der Waals surface area contributed by atoms with Crippen molar-refractivity contribution in [2.75, 3.05) is 98.2 Å². The first-order valence-electron chi connectivity index (χ1n) is 26.3. The number of rotatable bonds is 31. The molecule has 2 atom stereocenters. The summed E-state index contributed by atoms with van der Waals surface area (Å²) in [6, 6.07) is 21.2. The van der Waals surface area contributed by atoms with Gasteiger partial charge in [0.15, 0.2) is 0 Å². The maximum atomic E-state index is 13.1. The van der Waals surface area contributed by atoms with E-state index in [1.807, 2.05) is 18.2 Å². The largest absolute Gasteiger partial charge is 0.491 e. The van der Waals surface area contributed by atoms with Crippen LogP contribution in [0, 0.1) is 10.1 Å². The van der Waals surface area contributed by atoms with E-state index in [1.54, 1.807) is 42.5 Å². The van der Waals surface area contributed by atoms with Crippen LogP contribution in [0.1, 0.15) is 91.1 Å². The summed E-state index contributed by atoms with van der Waals surface area (Å²) in [7, 11) is 0. The first-order chi connectivity index (χ1) is 38.8. The standard InChI is InChI=1S/C28H31N3O10.C28H33N3O8/c32-24-11-10-23(26(33)29-24)30-27(34)22-5-1-3-19(25(22)28(30)35)4-2-12-38-13-14-39-15-16-40-17-18-41-21-8-6-20(7-9-21)31(36)37;29-20-6-8-21(9-7-20)39-18-17-38-16-15-37-14-13-36-12-2-4-19-3-1-5-22-25(19)28(35)31(27(22)34)23-10-11-24(32)30-26(23)33/h1,3,5-9,23H,2,4,10-18H2,(H,29,32,33);1,3,5-9,23H,2,4,10-18,29H2,(H,30,32,33). The number of nitrogens with two attached hydrogens (primary N) is 1. The van der Waals surface area contributed by atoms with E-state index >= 15 is 0 Å². The molecule has 8 amide bonds. The van der Waals surface area contributed by atoms with Gasteiger partial charge in [-0.3, -0.25) is 68.9 Å². The molecule has 80 heavy (non-hydrogen) atoms. The number of benzene rings is 4. The van der Waals surface area contributed by atoms with Crippen LogP contribution in [0.25, 0.3) is 0 Å². The molecule has 0 aliphatic carbocycles. The molecule has 4 heterocycles. The molecule has 8 rings (SSSR count). The Hall–Kier alpha value is -8.00. The van der Waals surface area contributed by atoms with Gasteiger partial charge < -0.3 is 43.6 Å².